The monoisotopic (exact) mass is 512 g/mol. The van der Waals surface area contributed by atoms with Crippen LogP contribution in [-0.2, 0) is 19.0 Å². The second-order valence-corrected chi connectivity index (χ2v) is 14.6. The molecule has 0 radical (unpaired) electrons. The number of carbonyl (C=O) groups is 1. The van der Waals surface area contributed by atoms with Crippen LogP contribution in [0.3, 0.4) is 0 Å². The number of unbranched alkanes of at least 4 members (excludes halogenated alkanes) is 2. The van der Waals surface area contributed by atoms with Crippen LogP contribution in [0.4, 0.5) is 0 Å². The van der Waals surface area contributed by atoms with Gasteiger partial charge in [0.15, 0.2) is 5.79 Å². The Labute approximate surface area is 225 Å². The van der Waals surface area contributed by atoms with Gasteiger partial charge in [0, 0.05) is 25.2 Å². The maximum absolute atomic E-state index is 12.4. The van der Waals surface area contributed by atoms with E-state index in [1.54, 1.807) is 5.57 Å². The van der Waals surface area contributed by atoms with Gasteiger partial charge < -0.3 is 14.2 Å². The molecule has 2 heterocycles. The molecule has 4 aliphatic carbocycles. The van der Waals surface area contributed by atoms with E-state index in [0.717, 1.165) is 62.9 Å². The van der Waals surface area contributed by atoms with Crippen molar-refractivity contribution < 1.29 is 19.0 Å². The molecule has 2 aliphatic heterocycles. The molecule has 6 rings (SSSR count). The van der Waals surface area contributed by atoms with Crippen molar-refractivity contribution in [1.29, 1.82) is 0 Å². The van der Waals surface area contributed by atoms with Gasteiger partial charge in [0.05, 0.1) is 12.7 Å². The Bertz CT molecular complexity index is 902. The molecule has 11 atom stereocenters. The lowest BCUT2D eigenvalue weighted by Crippen LogP contribution is -2.52. The average Bonchev–Trinajstić information content (AvgIpc) is 3.31. The molecule has 6 aliphatic rings. The Balaban J connectivity index is 1.15. The second kappa shape index (κ2) is 9.65. The molecule has 4 heteroatoms. The zero-order valence-corrected chi connectivity index (χ0v) is 24.2. The summed E-state index contributed by atoms with van der Waals surface area (Å²) in [5, 5.41) is 0. The number of allylic oxidation sites excluding steroid dienone is 1. The first-order chi connectivity index (χ1) is 17.7. The summed E-state index contributed by atoms with van der Waals surface area (Å²) in [5.41, 5.74) is 2.25. The zero-order valence-electron chi connectivity index (χ0n) is 24.2. The van der Waals surface area contributed by atoms with Crippen molar-refractivity contribution in [1.82, 2.24) is 0 Å². The maximum Gasteiger partial charge on any atom is 0.306 e. The first-order valence-corrected chi connectivity index (χ1v) is 15.9. The number of carbonyl (C=O) groups excluding carboxylic acids is 1. The highest BCUT2D eigenvalue weighted by Crippen LogP contribution is 2.70. The molecule has 5 fully saturated rings. The minimum atomic E-state index is -0.315. The lowest BCUT2D eigenvalue weighted by Gasteiger charge is -2.58. The van der Waals surface area contributed by atoms with Gasteiger partial charge in [0.2, 0.25) is 0 Å². The van der Waals surface area contributed by atoms with Crippen LogP contribution in [-0.4, -0.2) is 30.6 Å². The lowest BCUT2D eigenvalue weighted by atomic mass is 9.47. The molecule has 3 saturated carbocycles. The Morgan fingerprint density at radius 1 is 1.08 bits per heavy atom. The summed E-state index contributed by atoms with van der Waals surface area (Å²) in [7, 11) is 0. The molecule has 208 valence electrons. The number of esters is 1. The van der Waals surface area contributed by atoms with Crippen LogP contribution in [0.2, 0.25) is 0 Å². The van der Waals surface area contributed by atoms with Crippen LogP contribution < -0.4 is 0 Å². The molecule has 0 N–H and O–H groups in total. The third-order valence-electron chi connectivity index (χ3n) is 12.6. The third kappa shape index (κ3) is 4.17. The van der Waals surface area contributed by atoms with Crippen molar-refractivity contribution in [2.24, 2.45) is 46.3 Å². The van der Waals surface area contributed by atoms with Gasteiger partial charge in [-0.1, -0.05) is 59.1 Å². The SMILES string of the molecule is CCCCCC(=O)O[C@H]1CC[C@@]2(C)C(=CCC3C2CC[C@@]2(C)C3C[C@@H]3O[C@@]4(CC[C@H](C)CO4)[C@@H](C)[C@@H]32)C1. The van der Waals surface area contributed by atoms with Gasteiger partial charge >= 0.3 is 5.97 Å². The van der Waals surface area contributed by atoms with Crippen LogP contribution in [0, 0.1) is 46.3 Å². The number of fused-ring (bicyclic) bond motifs is 7. The summed E-state index contributed by atoms with van der Waals surface area (Å²) >= 11 is 0. The minimum absolute atomic E-state index is 0.0190. The second-order valence-electron chi connectivity index (χ2n) is 14.6. The van der Waals surface area contributed by atoms with Crippen molar-refractivity contribution in [3.05, 3.63) is 11.6 Å². The first kappa shape index (κ1) is 26.4. The predicted molar refractivity (Wildman–Crippen MR) is 146 cm³/mol. The highest BCUT2D eigenvalue weighted by Gasteiger charge is 2.68. The molecular formula is C33H52O4. The van der Waals surface area contributed by atoms with Crippen LogP contribution in [0.15, 0.2) is 11.6 Å². The van der Waals surface area contributed by atoms with E-state index in [4.69, 9.17) is 14.2 Å². The van der Waals surface area contributed by atoms with Crippen molar-refractivity contribution >= 4 is 5.97 Å². The standard InChI is InChI=1S/C33H52O4/c1-6-7-8-9-29(34)36-24-13-15-31(4)23(18-24)10-11-25-26(31)14-16-32(5)27(25)19-28-30(32)22(3)33(37-28)17-12-21(2)20-35-33/h10,21-22,24-28,30H,6-9,11-20H2,1-5H3/t21-,22-,24-,25?,26?,27?,28-,30-,31-,32-,33-/m0/s1. The minimum Gasteiger partial charge on any atom is -0.462 e. The normalized spacial score (nSPS) is 50.6. The van der Waals surface area contributed by atoms with Crippen molar-refractivity contribution in [3.63, 3.8) is 0 Å². The van der Waals surface area contributed by atoms with Crippen molar-refractivity contribution in [2.75, 3.05) is 6.61 Å². The quantitative estimate of drug-likeness (QED) is 0.214. The molecule has 0 bridgehead atoms. The number of rotatable bonds is 5. The van der Waals surface area contributed by atoms with E-state index in [-0.39, 0.29) is 23.3 Å². The largest absolute Gasteiger partial charge is 0.462 e. The topological polar surface area (TPSA) is 44.8 Å². The van der Waals surface area contributed by atoms with Gasteiger partial charge in [-0.25, -0.2) is 0 Å². The molecule has 3 unspecified atom stereocenters. The zero-order chi connectivity index (χ0) is 26.0. The molecule has 0 aromatic rings. The molecular weight excluding hydrogens is 460 g/mol. The average molecular weight is 513 g/mol. The van der Waals surface area contributed by atoms with Gasteiger partial charge in [-0.2, -0.15) is 0 Å². The van der Waals surface area contributed by atoms with E-state index in [0.29, 0.717) is 35.7 Å². The maximum atomic E-state index is 12.4. The fourth-order valence-corrected chi connectivity index (χ4v) is 10.5. The summed E-state index contributed by atoms with van der Waals surface area (Å²) < 4.78 is 19.4. The fourth-order valence-electron chi connectivity index (χ4n) is 10.5. The Morgan fingerprint density at radius 3 is 2.68 bits per heavy atom. The summed E-state index contributed by atoms with van der Waals surface area (Å²) in [4.78, 5) is 12.4. The highest BCUT2D eigenvalue weighted by molar-refractivity contribution is 5.69. The van der Waals surface area contributed by atoms with Crippen molar-refractivity contribution in [2.45, 2.75) is 136 Å². The van der Waals surface area contributed by atoms with Crippen LogP contribution >= 0.6 is 0 Å². The summed E-state index contributed by atoms with van der Waals surface area (Å²) in [6.07, 6.45) is 17.4. The first-order valence-electron chi connectivity index (χ1n) is 15.9. The Kier molecular flexibility index (Phi) is 6.87. The predicted octanol–water partition coefficient (Wildman–Crippen LogP) is 7.85. The number of hydrogen-bond donors (Lipinski definition) is 0. The van der Waals surface area contributed by atoms with E-state index in [1.165, 1.54) is 38.5 Å². The van der Waals surface area contributed by atoms with E-state index in [1.807, 2.05) is 0 Å². The molecule has 0 amide bonds. The van der Waals surface area contributed by atoms with Crippen LogP contribution in [0.5, 0.6) is 0 Å². The molecule has 37 heavy (non-hydrogen) atoms. The Morgan fingerprint density at radius 2 is 1.92 bits per heavy atom. The molecule has 1 spiro atoms. The third-order valence-corrected chi connectivity index (χ3v) is 12.6. The van der Waals surface area contributed by atoms with Gasteiger partial charge in [-0.15, -0.1) is 0 Å². The lowest BCUT2D eigenvalue weighted by molar-refractivity contribution is -0.272. The van der Waals surface area contributed by atoms with Crippen molar-refractivity contribution in [3.8, 4) is 0 Å². The fraction of sp³-hybridized carbons (Fsp3) is 0.909. The van der Waals surface area contributed by atoms with Gasteiger partial charge in [-0.05, 0) is 91.8 Å². The smallest absolute Gasteiger partial charge is 0.306 e. The van der Waals surface area contributed by atoms with Gasteiger partial charge in [-0.3, -0.25) is 4.79 Å². The summed E-state index contributed by atoms with van der Waals surface area (Å²) in [5.74, 6) is 3.77. The summed E-state index contributed by atoms with van der Waals surface area (Å²) in [6.45, 7) is 13.0. The van der Waals surface area contributed by atoms with E-state index < -0.39 is 0 Å². The Hall–Kier alpha value is -0.870. The number of hydrogen-bond acceptors (Lipinski definition) is 4. The molecule has 0 aromatic carbocycles. The molecule has 2 saturated heterocycles. The summed E-state index contributed by atoms with van der Waals surface area (Å²) in [6, 6.07) is 0. The van der Waals surface area contributed by atoms with E-state index >= 15 is 0 Å². The van der Waals surface area contributed by atoms with E-state index in [2.05, 4.69) is 40.7 Å². The number of ether oxygens (including phenoxy) is 3. The van der Waals surface area contributed by atoms with Crippen LogP contribution in [0.25, 0.3) is 0 Å². The van der Waals surface area contributed by atoms with Gasteiger partial charge in [0.25, 0.3) is 0 Å². The van der Waals surface area contributed by atoms with Gasteiger partial charge in [0.1, 0.15) is 6.10 Å². The van der Waals surface area contributed by atoms with E-state index in [9.17, 15) is 4.79 Å². The highest BCUT2D eigenvalue weighted by atomic mass is 16.7. The molecule has 4 nitrogen and oxygen atoms in total. The molecule has 0 aromatic heterocycles. The van der Waals surface area contributed by atoms with Crippen LogP contribution in [0.1, 0.15) is 118 Å².